The van der Waals surface area contributed by atoms with E-state index in [0.717, 1.165) is 5.56 Å². The number of benzene rings is 1. The third-order valence-corrected chi connectivity index (χ3v) is 2.88. The maximum Gasteiger partial charge on any atom is 0.381 e. The third kappa shape index (κ3) is 3.04. The van der Waals surface area contributed by atoms with Crippen LogP contribution in [0.5, 0.6) is 0 Å². The lowest BCUT2D eigenvalue weighted by Crippen LogP contribution is -2.18. The zero-order chi connectivity index (χ0) is 13.8. The van der Waals surface area contributed by atoms with Gasteiger partial charge in [-0.05, 0) is 22.4 Å². The fourth-order valence-electron chi connectivity index (χ4n) is 1.89. The zero-order valence-corrected chi connectivity index (χ0v) is 10.4. The van der Waals surface area contributed by atoms with Crippen molar-refractivity contribution in [2.24, 2.45) is 0 Å². The second-order valence-electron chi connectivity index (χ2n) is 4.25. The Hall–Kier alpha value is -2.50. The van der Waals surface area contributed by atoms with E-state index < -0.39 is 11.0 Å². The van der Waals surface area contributed by atoms with Gasteiger partial charge in [0.05, 0.1) is 6.04 Å². The molecule has 1 unspecified atom stereocenters. The smallest absolute Gasteiger partial charge is 0.358 e. The van der Waals surface area contributed by atoms with Crippen LogP contribution in [0.15, 0.2) is 42.9 Å². The van der Waals surface area contributed by atoms with Crippen molar-refractivity contribution in [3.63, 3.8) is 0 Å². The minimum Gasteiger partial charge on any atom is -0.358 e. The van der Waals surface area contributed by atoms with Gasteiger partial charge >= 0.3 is 5.82 Å². The molecular formula is C13H13N3O3. The summed E-state index contributed by atoms with van der Waals surface area (Å²) in [5, 5.41) is 10.6. The molecule has 0 amide bonds. The van der Waals surface area contributed by atoms with Crippen molar-refractivity contribution >= 4 is 11.6 Å². The quantitative estimate of drug-likeness (QED) is 0.609. The lowest BCUT2D eigenvalue weighted by Gasteiger charge is -2.13. The first kappa shape index (κ1) is 12.9. The Labute approximate surface area is 109 Å². The minimum absolute atomic E-state index is 0.0591. The lowest BCUT2D eigenvalue weighted by atomic mass is 10.0. The second-order valence-corrected chi connectivity index (χ2v) is 4.25. The Morgan fingerprint density at radius 3 is 2.63 bits per heavy atom. The average molecular weight is 259 g/mol. The molecule has 1 aromatic heterocycles. The predicted molar refractivity (Wildman–Crippen MR) is 68.7 cm³/mol. The van der Waals surface area contributed by atoms with Gasteiger partial charge in [0.1, 0.15) is 6.20 Å². The molecule has 1 atom stereocenters. The Morgan fingerprint density at radius 1 is 1.42 bits per heavy atom. The number of hydrogen-bond donors (Lipinski definition) is 0. The van der Waals surface area contributed by atoms with Gasteiger partial charge in [0.15, 0.2) is 5.78 Å². The van der Waals surface area contributed by atoms with Crippen LogP contribution in [0, 0.1) is 10.1 Å². The van der Waals surface area contributed by atoms with Crippen LogP contribution in [-0.2, 0) is 11.2 Å². The van der Waals surface area contributed by atoms with E-state index in [2.05, 4.69) is 4.98 Å². The van der Waals surface area contributed by atoms with E-state index in [1.54, 1.807) is 0 Å². The molecule has 0 radical (unpaired) electrons. The first-order valence-corrected chi connectivity index (χ1v) is 5.80. The van der Waals surface area contributed by atoms with Gasteiger partial charge < -0.3 is 10.1 Å². The van der Waals surface area contributed by atoms with Crippen LogP contribution in [0.1, 0.15) is 18.5 Å². The van der Waals surface area contributed by atoms with E-state index in [1.807, 2.05) is 30.3 Å². The highest BCUT2D eigenvalue weighted by molar-refractivity contribution is 5.80. The van der Waals surface area contributed by atoms with Crippen LogP contribution in [0.3, 0.4) is 0 Å². The summed E-state index contributed by atoms with van der Waals surface area (Å²) in [4.78, 5) is 25.4. The molecule has 0 aliphatic rings. The van der Waals surface area contributed by atoms with Crippen LogP contribution in [0.2, 0.25) is 0 Å². The van der Waals surface area contributed by atoms with Crippen molar-refractivity contribution in [3.05, 3.63) is 58.5 Å². The molecular weight excluding hydrogens is 246 g/mol. The van der Waals surface area contributed by atoms with Gasteiger partial charge in [-0.1, -0.05) is 30.3 Å². The maximum atomic E-state index is 11.7. The minimum atomic E-state index is -0.573. The number of nitrogens with zero attached hydrogens (tertiary/aromatic N) is 3. The van der Waals surface area contributed by atoms with Gasteiger partial charge in [-0.3, -0.25) is 9.36 Å². The summed E-state index contributed by atoms with van der Waals surface area (Å²) in [6.07, 6.45) is 3.10. The topological polar surface area (TPSA) is 78.0 Å². The average Bonchev–Trinajstić information content (AvgIpc) is 2.86. The number of ketones is 1. The normalized spacial score (nSPS) is 12.1. The molecule has 2 aromatic rings. The summed E-state index contributed by atoms with van der Waals surface area (Å²) in [6.45, 7) is 1.47. The lowest BCUT2D eigenvalue weighted by molar-refractivity contribution is -0.389. The van der Waals surface area contributed by atoms with Gasteiger partial charge in [-0.15, -0.1) is 0 Å². The maximum absolute atomic E-state index is 11.7. The molecule has 0 spiro atoms. The number of hydrogen-bond acceptors (Lipinski definition) is 4. The van der Waals surface area contributed by atoms with E-state index >= 15 is 0 Å². The fourth-order valence-corrected chi connectivity index (χ4v) is 1.89. The molecule has 6 nitrogen and oxygen atoms in total. The molecule has 98 valence electrons. The highest BCUT2D eigenvalue weighted by Crippen LogP contribution is 2.18. The monoisotopic (exact) mass is 259 g/mol. The zero-order valence-electron chi connectivity index (χ0n) is 10.4. The number of Topliss-reactive ketones (excluding diaryl/α,β-unsaturated/α-hetero) is 1. The van der Waals surface area contributed by atoms with Gasteiger partial charge in [-0.2, -0.15) is 0 Å². The van der Waals surface area contributed by atoms with E-state index in [4.69, 9.17) is 0 Å². The largest absolute Gasteiger partial charge is 0.381 e. The summed E-state index contributed by atoms with van der Waals surface area (Å²) in [5.74, 6) is -0.310. The summed E-state index contributed by atoms with van der Waals surface area (Å²) < 4.78 is 1.49. The van der Waals surface area contributed by atoms with Crippen LogP contribution < -0.4 is 0 Å². The van der Waals surface area contributed by atoms with Crippen molar-refractivity contribution < 1.29 is 9.72 Å². The summed E-state index contributed by atoms with van der Waals surface area (Å²) in [5.41, 5.74) is 0.999. The summed E-state index contributed by atoms with van der Waals surface area (Å²) in [7, 11) is 0. The first-order valence-electron chi connectivity index (χ1n) is 5.80. The Morgan fingerprint density at radius 2 is 2.11 bits per heavy atom. The van der Waals surface area contributed by atoms with Crippen molar-refractivity contribution in [2.75, 3.05) is 0 Å². The van der Waals surface area contributed by atoms with Gasteiger partial charge in [0.2, 0.25) is 6.33 Å². The molecule has 1 aromatic carbocycles. The fraction of sp³-hybridized carbons (Fsp3) is 0.231. The number of carbonyl (C=O) groups excluding carboxylic acids is 1. The molecule has 0 aliphatic carbocycles. The third-order valence-electron chi connectivity index (χ3n) is 2.88. The van der Waals surface area contributed by atoms with Gasteiger partial charge in [0.25, 0.3) is 0 Å². The first-order chi connectivity index (χ1) is 9.08. The van der Waals surface area contributed by atoms with Crippen LogP contribution in [-0.4, -0.2) is 20.3 Å². The SMILES string of the molecule is CC(=O)C(Cc1ccccc1)n1cnc([N+](=O)[O-])c1. The molecule has 0 saturated heterocycles. The van der Waals surface area contributed by atoms with E-state index in [-0.39, 0.29) is 11.6 Å². The Kier molecular flexibility index (Phi) is 3.70. The van der Waals surface area contributed by atoms with Crippen LogP contribution in [0.25, 0.3) is 0 Å². The number of aromatic nitrogens is 2. The second kappa shape index (κ2) is 5.43. The molecule has 0 N–H and O–H groups in total. The molecule has 0 fully saturated rings. The standard InChI is InChI=1S/C13H13N3O3/c1-10(17)12(7-11-5-3-2-4-6-11)15-8-13(14-9-15)16(18)19/h2-6,8-9,12H,7H2,1H3. The van der Waals surface area contributed by atoms with E-state index in [1.165, 1.54) is 24.0 Å². The Balaban J connectivity index is 2.25. The molecule has 19 heavy (non-hydrogen) atoms. The van der Waals surface area contributed by atoms with Gasteiger partial charge in [-0.25, -0.2) is 0 Å². The van der Waals surface area contributed by atoms with Crippen LogP contribution in [0.4, 0.5) is 5.82 Å². The summed E-state index contributed by atoms with van der Waals surface area (Å²) >= 11 is 0. The molecule has 0 bridgehead atoms. The van der Waals surface area contributed by atoms with Crippen molar-refractivity contribution in [2.45, 2.75) is 19.4 Å². The number of imidazole rings is 1. The number of nitro groups is 1. The number of carbonyl (C=O) groups is 1. The van der Waals surface area contributed by atoms with Gasteiger partial charge in [0, 0.05) is 6.42 Å². The predicted octanol–water partition coefficient (Wildman–Crippen LogP) is 2.16. The molecule has 1 heterocycles. The highest BCUT2D eigenvalue weighted by atomic mass is 16.6. The van der Waals surface area contributed by atoms with Crippen LogP contribution >= 0.6 is 0 Å². The number of rotatable bonds is 5. The highest BCUT2D eigenvalue weighted by Gasteiger charge is 2.21. The van der Waals surface area contributed by atoms with Crippen molar-refractivity contribution in [3.8, 4) is 0 Å². The Bertz CT molecular complexity index is 592. The molecule has 2 rings (SSSR count). The molecule has 6 heteroatoms. The van der Waals surface area contributed by atoms with Crippen molar-refractivity contribution in [1.82, 2.24) is 9.55 Å². The summed E-state index contributed by atoms with van der Waals surface area (Å²) in [6, 6.07) is 9.05. The molecule has 0 saturated carbocycles. The molecule has 0 aliphatic heterocycles. The van der Waals surface area contributed by atoms with E-state index in [0.29, 0.717) is 6.42 Å². The van der Waals surface area contributed by atoms with Crippen molar-refractivity contribution in [1.29, 1.82) is 0 Å². The van der Waals surface area contributed by atoms with E-state index in [9.17, 15) is 14.9 Å².